The molecule has 1 aromatic carbocycles. The molecular weight excluding hydrogens is 290 g/mol. The highest BCUT2D eigenvalue weighted by molar-refractivity contribution is 5.85. The molecule has 0 aromatic heterocycles. The van der Waals surface area contributed by atoms with E-state index in [9.17, 15) is 13.6 Å². The van der Waals surface area contributed by atoms with Gasteiger partial charge in [0.25, 0.3) is 0 Å². The van der Waals surface area contributed by atoms with E-state index in [-0.39, 0.29) is 11.6 Å². The lowest BCUT2D eigenvalue weighted by molar-refractivity contribution is 0.0635. The molecule has 2 N–H and O–H groups in total. The van der Waals surface area contributed by atoms with Crippen molar-refractivity contribution in [3.63, 3.8) is 0 Å². The first-order valence-electron chi connectivity index (χ1n) is 7.46. The smallest absolute Gasteiger partial charge is 0.412 e. The Bertz CT molecular complexity index is 550. The van der Waals surface area contributed by atoms with Crippen LogP contribution in [0.4, 0.5) is 19.3 Å². The summed E-state index contributed by atoms with van der Waals surface area (Å²) in [6.45, 7) is 6.80. The van der Waals surface area contributed by atoms with E-state index in [0.717, 1.165) is 25.9 Å². The van der Waals surface area contributed by atoms with Crippen molar-refractivity contribution in [3.8, 4) is 0 Å². The molecule has 0 aliphatic carbocycles. The number of carbonyl (C=O) groups is 1. The largest absolute Gasteiger partial charge is 0.444 e. The van der Waals surface area contributed by atoms with Crippen LogP contribution in [0.2, 0.25) is 0 Å². The van der Waals surface area contributed by atoms with E-state index in [1.165, 1.54) is 12.1 Å². The van der Waals surface area contributed by atoms with Crippen molar-refractivity contribution in [2.24, 2.45) is 0 Å². The maximum Gasteiger partial charge on any atom is 0.412 e. The van der Waals surface area contributed by atoms with Crippen molar-refractivity contribution < 1.29 is 18.3 Å². The van der Waals surface area contributed by atoms with Crippen LogP contribution >= 0.6 is 0 Å². The molecule has 0 unspecified atom stereocenters. The number of hydrogen-bond acceptors (Lipinski definition) is 3. The van der Waals surface area contributed by atoms with Gasteiger partial charge < -0.3 is 10.1 Å². The van der Waals surface area contributed by atoms with Crippen molar-refractivity contribution in [1.29, 1.82) is 0 Å². The third-order valence-corrected chi connectivity index (χ3v) is 3.50. The summed E-state index contributed by atoms with van der Waals surface area (Å²) in [5.74, 6) is -1.86. The average Bonchev–Trinajstić information content (AvgIpc) is 2.42. The highest BCUT2D eigenvalue weighted by Crippen LogP contribution is 2.30. The second-order valence-corrected chi connectivity index (χ2v) is 6.52. The van der Waals surface area contributed by atoms with Gasteiger partial charge in [-0.1, -0.05) is 0 Å². The number of rotatable bonds is 2. The molecule has 1 aliphatic rings. The molecule has 4 nitrogen and oxygen atoms in total. The predicted octanol–water partition coefficient (Wildman–Crippen LogP) is 3.78. The fourth-order valence-corrected chi connectivity index (χ4v) is 2.51. The molecule has 2 rings (SSSR count). The first-order chi connectivity index (χ1) is 10.3. The lowest BCUT2D eigenvalue weighted by Gasteiger charge is -2.24. The molecule has 0 bridgehead atoms. The van der Waals surface area contributed by atoms with E-state index in [2.05, 4.69) is 10.6 Å². The maximum atomic E-state index is 13.9. The van der Waals surface area contributed by atoms with Crippen molar-refractivity contribution in [3.05, 3.63) is 29.3 Å². The highest BCUT2D eigenvalue weighted by Gasteiger charge is 2.22. The number of hydrogen-bond donors (Lipinski definition) is 2. The molecule has 1 heterocycles. The lowest BCUT2D eigenvalue weighted by atomic mass is 9.90. The van der Waals surface area contributed by atoms with Crippen molar-refractivity contribution in [2.75, 3.05) is 18.4 Å². The quantitative estimate of drug-likeness (QED) is 0.874. The Labute approximate surface area is 129 Å². The van der Waals surface area contributed by atoms with E-state index in [1.807, 2.05) is 0 Å². The van der Waals surface area contributed by atoms with Gasteiger partial charge in [-0.15, -0.1) is 0 Å². The zero-order valence-electron chi connectivity index (χ0n) is 13.1. The third-order valence-electron chi connectivity index (χ3n) is 3.50. The van der Waals surface area contributed by atoms with Gasteiger partial charge in [0.05, 0.1) is 5.69 Å². The summed E-state index contributed by atoms with van der Waals surface area (Å²) >= 11 is 0. The zero-order chi connectivity index (χ0) is 16.3. The standard InChI is InChI=1S/C16H22F2N2O2/c1-16(2,3)22-15(21)20-13-9-11(8-12(17)14(13)18)10-4-6-19-7-5-10/h8-10,19H,4-7H2,1-3H3,(H,20,21). The molecule has 1 aromatic rings. The average molecular weight is 312 g/mol. The summed E-state index contributed by atoms with van der Waals surface area (Å²) in [6, 6.07) is 2.71. The minimum absolute atomic E-state index is 0.163. The molecule has 1 fully saturated rings. The predicted molar refractivity (Wildman–Crippen MR) is 81.1 cm³/mol. The summed E-state index contributed by atoms with van der Waals surface area (Å²) in [5.41, 5.74) is -0.180. The van der Waals surface area contributed by atoms with Gasteiger partial charge in [0.1, 0.15) is 5.60 Å². The highest BCUT2D eigenvalue weighted by atomic mass is 19.2. The Morgan fingerprint density at radius 3 is 2.50 bits per heavy atom. The number of anilines is 1. The lowest BCUT2D eigenvalue weighted by Crippen LogP contribution is -2.28. The monoisotopic (exact) mass is 312 g/mol. The Morgan fingerprint density at radius 1 is 1.27 bits per heavy atom. The molecule has 0 atom stereocenters. The molecule has 0 saturated carbocycles. The van der Waals surface area contributed by atoms with E-state index >= 15 is 0 Å². The Balaban J connectivity index is 2.19. The molecule has 1 aliphatic heterocycles. The van der Waals surface area contributed by atoms with Crippen LogP contribution in [0.5, 0.6) is 0 Å². The summed E-state index contributed by atoms with van der Waals surface area (Å²) in [7, 11) is 0. The molecule has 1 amide bonds. The second kappa shape index (κ2) is 6.60. The van der Waals surface area contributed by atoms with Crippen molar-refractivity contribution in [2.45, 2.75) is 45.1 Å². The van der Waals surface area contributed by atoms with Gasteiger partial charge in [0, 0.05) is 0 Å². The van der Waals surface area contributed by atoms with Crippen molar-refractivity contribution >= 4 is 11.8 Å². The fraction of sp³-hybridized carbons (Fsp3) is 0.562. The number of benzene rings is 1. The van der Waals surface area contributed by atoms with E-state index in [1.54, 1.807) is 20.8 Å². The normalized spacial score (nSPS) is 16.4. The van der Waals surface area contributed by atoms with E-state index in [4.69, 9.17) is 4.74 Å². The van der Waals surface area contributed by atoms with Crippen LogP contribution in [0, 0.1) is 11.6 Å². The third kappa shape index (κ3) is 4.40. The number of carbonyl (C=O) groups excluding carboxylic acids is 1. The minimum Gasteiger partial charge on any atom is -0.444 e. The number of nitrogens with one attached hydrogen (secondary N) is 2. The Hall–Kier alpha value is -1.69. The number of amides is 1. The molecular formula is C16H22F2N2O2. The van der Waals surface area contributed by atoms with E-state index in [0.29, 0.717) is 5.56 Å². The number of ether oxygens (including phenoxy) is 1. The van der Waals surface area contributed by atoms with Gasteiger partial charge in [-0.2, -0.15) is 0 Å². The fourth-order valence-electron chi connectivity index (χ4n) is 2.51. The Morgan fingerprint density at radius 2 is 1.91 bits per heavy atom. The molecule has 22 heavy (non-hydrogen) atoms. The van der Waals surface area contributed by atoms with Crippen LogP contribution in [0.3, 0.4) is 0 Å². The maximum absolute atomic E-state index is 13.9. The second-order valence-electron chi connectivity index (χ2n) is 6.52. The first-order valence-corrected chi connectivity index (χ1v) is 7.46. The number of piperidine rings is 1. The van der Waals surface area contributed by atoms with Gasteiger partial charge in [0.15, 0.2) is 11.6 Å². The van der Waals surface area contributed by atoms with Crippen LogP contribution in [-0.2, 0) is 4.74 Å². The summed E-state index contributed by atoms with van der Waals surface area (Å²) in [5, 5.41) is 5.52. The Kier molecular flexibility index (Phi) is 5.01. The van der Waals surface area contributed by atoms with Crippen LogP contribution in [0.25, 0.3) is 0 Å². The summed E-state index contributed by atoms with van der Waals surface area (Å²) in [6.07, 6.45) is 0.918. The van der Waals surface area contributed by atoms with Crippen molar-refractivity contribution in [1.82, 2.24) is 5.32 Å². The molecule has 0 spiro atoms. The molecule has 0 radical (unpaired) electrons. The SMILES string of the molecule is CC(C)(C)OC(=O)Nc1cc(C2CCNCC2)cc(F)c1F. The van der Waals surface area contributed by atoms with Gasteiger partial charge in [-0.25, -0.2) is 13.6 Å². The first kappa shape index (κ1) is 16.7. The van der Waals surface area contributed by atoms with Crippen LogP contribution in [-0.4, -0.2) is 24.8 Å². The molecule has 122 valence electrons. The topological polar surface area (TPSA) is 50.4 Å². The van der Waals surface area contributed by atoms with Crippen LogP contribution < -0.4 is 10.6 Å². The summed E-state index contributed by atoms with van der Waals surface area (Å²) < 4.78 is 32.8. The number of halogens is 2. The van der Waals surface area contributed by atoms with Crippen LogP contribution in [0.1, 0.15) is 45.1 Å². The van der Waals surface area contributed by atoms with Crippen LogP contribution in [0.15, 0.2) is 12.1 Å². The molecule has 6 heteroatoms. The van der Waals surface area contributed by atoms with Gasteiger partial charge in [-0.05, 0) is 70.3 Å². The van der Waals surface area contributed by atoms with E-state index < -0.39 is 23.3 Å². The van der Waals surface area contributed by atoms with Gasteiger partial charge in [-0.3, -0.25) is 5.32 Å². The molecule has 1 saturated heterocycles. The van der Waals surface area contributed by atoms with Gasteiger partial charge in [0.2, 0.25) is 0 Å². The van der Waals surface area contributed by atoms with Gasteiger partial charge >= 0.3 is 6.09 Å². The zero-order valence-corrected chi connectivity index (χ0v) is 13.1. The minimum atomic E-state index is -1.07. The summed E-state index contributed by atoms with van der Waals surface area (Å²) in [4.78, 5) is 11.7.